The van der Waals surface area contributed by atoms with Gasteiger partial charge in [-0.1, -0.05) is 78.3 Å². The Morgan fingerprint density at radius 2 is 1.70 bits per heavy atom. The summed E-state index contributed by atoms with van der Waals surface area (Å²) in [6.45, 7) is 17.9. The molecule has 0 bridgehead atoms. The highest BCUT2D eigenvalue weighted by atomic mass is 16.5. The molecule has 3 heteroatoms. The first-order valence-corrected chi connectivity index (χ1v) is 16.2. The van der Waals surface area contributed by atoms with Crippen molar-refractivity contribution < 1.29 is 9.53 Å². The zero-order chi connectivity index (χ0) is 28.5. The van der Waals surface area contributed by atoms with Gasteiger partial charge in [-0.2, -0.15) is 0 Å². The van der Waals surface area contributed by atoms with E-state index >= 15 is 0 Å². The highest BCUT2D eigenvalue weighted by Crippen LogP contribution is 2.75. The third-order valence-electron chi connectivity index (χ3n) is 14.7. The van der Waals surface area contributed by atoms with Crippen LogP contribution in [0.5, 0.6) is 0 Å². The molecule has 7 rings (SSSR count). The molecule has 9 atom stereocenters. The van der Waals surface area contributed by atoms with E-state index in [4.69, 9.17) is 4.74 Å². The molecule has 5 aliphatic rings. The lowest BCUT2D eigenvalue weighted by molar-refractivity contribution is -0.181. The van der Waals surface area contributed by atoms with Crippen molar-refractivity contribution in [2.24, 2.45) is 51.2 Å². The van der Waals surface area contributed by atoms with Crippen LogP contribution in [0.4, 0.5) is 0 Å². The number of H-pyrrole nitrogens is 1. The molecule has 3 fully saturated rings. The number of carbonyl (C=O) groups excluding carboxylic acids is 1. The van der Waals surface area contributed by atoms with Gasteiger partial charge in [-0.25, -0.2) is 0 Å². The normalized spacial score (nSPS) is 45.3. The molecule has 2 aromatic rings. The van der Waals surface area contributed by atoms with Crippen molar-refractivity contribution in [2.75, 3.05) is 7.11 Å². The van der Waals surface area contributed by atoms with Gasteiger partial charge in [-0.3, -0.25) is 4.79 Å². The molecule has 40 heavy (non-hydrogen) atoms. The summed E-state index contributed by atoms with van der Waals surface area (Å²) >= 11 is 0. The average Bonchev–Trinajstić information content (AvgIpc) is 3.29. The summed E-state index contributed by atoms with van der Waals surface area (Å²) in [6.07, 6.45) is 11.8. The SMILES string of the molecule is COC(=O)[C@]12CC[C@@H](C)[C@H](C)[C@H]1C1=CC[C@@H]3[C@@]4(C)Cc5c([nH]c6ccccc56)C(C)(C)[C@@H]4CC[C@@]3(C)[C@]1(C)CC2. The number of aromatic nitrogens is 1. The van der Waals surface area contributed by atoms with E-state index < -0.39 is 0 Å². The number of fused-ring (bicyclic) bond motifs is 10. The fourth-order valence-corrected chi connectivity index (χ4v) is 12.3. The van der Waals surface area contributed by atoms with Crippen molar-refractivity contribution in [3.05, 3.63) is 47.2 Å². The number of hydrogen-bond acceptors (Lipinski definition) is 2. The molecule has 0 radical (unpaired) electrons. The Bertz CT molecular complexity index is 1410. The number of aromatic amines is 1. The van der Waals surface area contributed by atoms with Crippen LogP contribution in [0.2, 0.25) is 0 Å². The molecule has 0 aliphatic heterocycles. The summed E-state index contributed by atoms with van der Waals surface area (Å²) in [5.74, 6) is 2.81. The van der Waals surface area contributed by atoms with E-state index in [0.717, 1.165) is 32.1 Å². The van der Waals surface area contributed by atoms with Crippen LogP contribution in [-0.4, -0.2) is 18.1 Å². The number of carbonyl (C=O) groups is 1. The third kappa shape index (κ3) is 3.01. The fraction of sp³-hybridized carbons (Fsp3) is 0.703. The Morgan fingerprint density at radius 3 is 2.45 bits per heavy atom. The first kappa shape index (κ1) is 26.8. The van der Waals surface area contributed by atoms with Crippen LogP contribution in [0.25, 0.3) is 10.9 Å². The Balaban J connectivity index is 1.37. The molecule has 3 saturated carbocycles. The molecule has 5 aliphatic carbocycles. The molecule has 1 heterocycles. The second-order valence-corrected chi connectivity index (χ2v) is 16.2. The van der Waals surface area contributed by atoms with Crippen molar-refractivity contribution in [3.63, 3.8) is 0 Å². The third-order valence-corrected chi connectivity index (χ3v) is 14.7. The molecule has 216 valence electrons. The number of methoxy groups -OCH3 is 1. The van der Waals surface area contributed by atoms with Crippen LogP contribution in [0.15, 0.2) is 35.9 Å². The minimum absolute atomic E-state index is 0.0584. The highest BCUT2D eigenvalue weighted by molar-refractivity contribution is 5.85. The minimum atomic E-state index is -0.331. The summed E-state index contributed by atoms with van der Waals surface area (Å²) < 4.78 is 5.58. The molecule has 1 aromatic heterocycles. The molecule has 1 aromatic carbocycles. The second-order valence-electron chi connectivity index (χ2n) is 16.2. The molecule has 0 spiro atoms. The maximum atomic E-state index is 13.6. The summed E-state index contributed by atoms with van der Waals surface area (Å²) in [7, 11) is 1.61. The Morgan fingerprint density at radius 1 is 0.950 bits per heavy atom. The van der Waals surface area contributed by atoms with Crippen LogP contribution in [0.1, 0.15) is 105 Å². The monoisotopic (exact) mass is 541 g/mol. The fourth-order valence-electron chi connectivity index (χ4n) is 12.3. The van der Waals surface area contributed by atoms with Gasteiger partial charge >= 0.3 is 5.97 Å². The summed E-state index contributed by atoms with van der Waals surface area (Å²) in [5.41, 5.74) is 6.38. The number of nitrogens with one attached hydrogen (secondary N) is 1. The van der Waals surface area contributed by atoms with Crippen LogP contribution < -0.4 is 0 Å². The highest BCUT2D eigenvalue weighted by Gasteiger charge is 2.69. The molecule has 0 amide bonds. The Kier molecular flexibility index (Phi) is 5.56. The summed E-state index contributed by atoms with van der Waals surface area (Å²) in [6, 6.07) is 8.98. The van der Waals surface area contributed by atoms with Gasteiger partial charge in [0.05, 0.1) is 12.5 Å². The zero-order valence-corrected chi connectivity index (χ0v) is 26.2. The Hall–Kier alpha value is -2.03. The van der Waals surface area contributed by atoms with Crippen LogP contribution in [0, 0.1) is 51.2 Å². The smallest absolute Gasteiger partial charge is 0.312 e. The van der Waals surface area contributed by atoms with Gasteiger partial charge in [-0.15, -0.1) is 0 Å². The number of hydrogen-bond donors (Lipinski definition) is 1. The number of rotatable bonds is 1. The quantitative estimate of drug-likeness (QED) is 0.289. The van der Waals surface area contributed by atoms with Crippen molar-refractivity contribution in [3.8, 4) is 0 Å². The molecule has 0 saturated heterocycles. The molecule has 3 nitrogen and oxygen atoms in total. The molecular formula is C37H51NO2. The maximum absolute atomic E-state index is 13.6. The first-order chi connectivity index (χ1) is 18.8. The van der Waals surface area contributed by atoms with E-state index in [-0.39, 0.29) is 33.0 Å². The van der Waals surface area contributed by atoms with Crippen LogP contribution >= 0.6 is 0 Å². The van der Waals surface area contributed by atoms with Crippen molar-refractivity contribution >= 4 is 16.9 Å². The van der Waals surface area contributed by atoms with Crippen molar-refractivity contribution in [1.82, 2.24) is 4.98 Å². The van der Waals surface area contributed by atoms with E-state index in [2.05, 4.69) is 83.8 Å². The van der Waals surface area contributed by atoms with Gasteiger partial charge in [0.25, 0.3) is 0 Å². The average molecular weight is 542 g/mol. The summed E-state index contributed by atoms with van der Waals surface area (Å²) in [5, 5.41) is 1.43. The van der Waals surface area contributed by atoms with Gasteiger partial charge in [0.15, 0.2) is 0 Å². The first-order valence-electron chi connectivity index (χ1n) is 16.2. The predicted molar refractivity (Wildman–Crippen MR) is 163 cm³/mol. The lowest BCUT2D eigenvalue weighted by Gasteiger charge is -2.70. The molecule has 0 unspecified atom stereocenters. The number of esters is 1. The van der Waals surface area contributed by atoms with Gasteiger partial charge in [0, 0.05) is 22.0 Å². The largest absolute Gasteiger partial charge is 0.469 e. The molecular weight excluding hydrogens is 490 g/mol. The van der Waals surface area contributed by atoms with Crippen LogP contribution in [-0.2, 0) is 21.4 Å². The van der Waals surface area contributed by atoms with Gasteiger partial charge in [-0.05, 0) is 109 Å². The van der Waals surface area contributed by atoms with E-state index in [1.807, 2.05) is 0 Å². The second kappa shape index (κ2) is 8.29. The summed E-state index contributed by atoms with van der Waals surface area (Å²) in [4.78, 5) is 17.5. The predicted octanol–water partition coefficient (Wildman–Crippen LogP) is 9.01. The van der Waals surface area contributed by atoms with E-state index in [9.17, 15) is 4.79 Å². The number of ether oxygens (including phenoxy) is 1. The standard InChI is InChI=1S/C37H51NO2/c1-22-15-18-37(32(39)40-8)20-19-35(6)26(30(37)23(22)2)13-14-29-34(5)21-25-24-11-9-10-12-27(24)38-31(25)33(3,4)28(34)16-17-36(29,35)7/h9-13,22-23,28-30,38H,14-21H2,1-8H3/t22-,23+,28+,29-,30+,34+,35-,36-,37+/m1/s1. The van der Waals surface area contributed by atoms with E-state index in [1.165, 1.54) is 35.9 Å². The number of para-hydroxylation sites is 1. The topological polar surface area (TPSA) is 42.1 Å². The van der Waals surface area contributed by atoms with Gasteiger partial charge < -0.3 is 9.72 Å². The van der Waals surface area contributed by atoms with E-state index in [1.54, 1.807) is 18.2 Å². The van der Waals surface area contributed by atoms with Crippen LogP contribution in [0.3, 0.4) is 0 Å². The lowest BCUT2D eigenvalue weighted by atomic mass is 9.33. The van der Waals surface area contributed by atoms with Crippen molar-refractivity contribution in [1.29, 1.82) is 0 Å². The molecule has 1 N–H and O–H groups in total. The number of allylic oxidation sites excluding steroid dienone is 2. The maximum Gasteiger partial charge on any atom is 0.312 e. The van der Waals surface area contributed by atoms with E-state index in [0.29, 0.717) is 29.6 Å². The van der Waals surface area contributed by atoms with Gasteiger partial charge in [0.1, 0.15) is 0 Å². The lowest BCUT2D eigenvalue weighted by Crippen LogP contribution is -2.65. The zero-order valence-electron chi connectivity index (χ0n) is 26.2. The Labute approximate surface area is 241 Å². The number of benzene rings is 1. The van der Waals surface area contributed by atoms with Gasteiger partial charge in [0.2, 0.25) is 0 Å². The minimum Gasteiger partial charge on any atom is -0.469 e. The van der Waals surface area contributed by atoms with Crippen molar-refractivity contribution in [2.45, 2.75) is 105 Å².